The lowest BCUT2D eigenvalue weighted by atomic mass is 10.1. The molecule has 6 nitrogen and oxygen atoms in total. The fraction of sp³-hybridized carbons (Fsp3) is 0.0909. The summed E-state index contributed by atoms with van der Waals surface area (Å²) in [7, 11) is 0. The molecule has 0 saturated carbocycles. The molecule has 0 aliphatic carbocycles. The highest BCUT2D eigenvalue weighted by molar-refractivity contribution is 7.71. The Labute approximate surface area is 180 Å². The van der Waals surface area contributed by atoms with Gasteiger partial charge in [0.1, 0.15) is 38.9 Å². The van der Waals surface area contributed by atoms with Gasteiger partial charge < -0.3 is 14.9 Å². The number of H-pyrrole nitrogens is 1. The molecule has 1 amide bonds. The summed E-state index contributed by atoms with van der Waals surface area (Å²) >= 11 is 5.39. The summed E-state index contributed by atoms with van der Waals surface area (Å²) in [6.07, 6.45) is 1.39. The van der Waals surface area contributed by atoms with Crippen molar-refractivity contribution in [2.24, 2.45) is 0 Å². The molecule has 4 aromatic rings. The number of aromatic amines is 1. The van der Waals surface area contributed by atoms with E-state index in [2.05, 4.69) is 21.4 Å². The van der Waals surface area contributed by atoms with Crippen LogP contribution in [0, 0.1) is 27.6 Å². The van der Waals surface area contributed by atoms with Crippen LogP contribution in [0.1, 0.15) is 15.9 Å². The normalized spacial score (nSPS) is 10.7. The lowest BCUT2D eigenvalue weighted by Crippen LogP contribution is -2.27. The van der Waals surface area contributed by atoms with Crippen molar-refractivity contribution in [2.45, 2.75) is 6.54 Å². The Morgan fingerprint density at radius 2 is 1.94 bits per heavy atom. The van der Waals surface area contributed by atoms with E-state index in [0.29, 0.717) is 26.9 Å². The number of benzene rings is 2. The van der Waals surface area contributed by atoms with Gasteiger partial charge in [-0.25, -0.2) is 13.8 Å². The SMILES string of the molecule is N#Cc1c(-c2ccccc2F)n(CCNC(=O)c2ccc(F)cc2)c2c(=S)[nH]cnc12. The molecule has 0 atom stereocenters. The number of carbonyl (C=O) groups is 1. The van der Waals surface area contributed by atoms with E-state index in [1.165, 1.54) is 36.7 Å². The van der Waals surface area contributed by atoms with Crippen molar-refractivity contribution < 1.29 is 13.6 Å². The van der Waals surface area contributed by atoms with Crippen LogP contribution in [0.15, 0.2) is 54.9 Å². The smallest absolute Gasteiger partial charge is 0.251 e. The third kappa shape index (κ3) is 3.81. The van der Waals surface area contributed by atoms with Crippen molar-refractivity contribution in [3.05, 3.63) is 82.3 Å². The molecule has 0 spiro atoms. The molecule has 0 saturated heterocycles. The molecule has 154 valence electrons. The average Bonchev–Trinajstić information content (AvgIpc) is 3.09. The predicted molar refractivity (Wildman–Crippen MR) is 114 cm³/mol. The maximum absolute atomic E-state index is 14.6. The third-order valence-electron chi connectivity index (χ3n) is 4.81. The van der Waals surface area contributed by atoms with E-state index < -0.39 is 11.6 Å². The van der Waals surface area contributed by atoms with E-state index in [0.717, 1.165) is 0 Å². The lowest BCUT2D eigenvalue weighted by Gasteiger charge is -2.13. The quantitative estimate of drug-likeness (QED) is 0.457. The lowest BCUT2D eigenvalue weighted by molar-refractivity contribution is 0.0952. The molecule has 0 aliphatic heterocycles. The number of nitrogens with one attached hydrogen (secondary N) is 2. The number of fused-ring (bicyclic) bond motifs is 1. The first-order valence-electron chi connectivity index (χ1n) is 9.30. The second kappa shape index (κ2) is 8.45. The average molecular weight is 435 g/mol. The number of hydrogen-bond donors (Lipinski definition) is 2. The Bertz CT molecular complexity index is 1390. The highest BCUT2D eigenvalue weighted by atomic mass is 32.1. The minimum absolute atomic E-state index is 0.163. The zero-order valence-corrected chi connectivity index (χ0v) is 16.8. The number of hydrogen-bond acceptors (Lipinski definition) is 4. The Morgan fingerprint density at radius 3 is 2.65 bits per heavy atom. The molecule has 2 heterocycles. The summed E-state index contributed by atoms with van der Waals surface area (Å²) < 4.78 is 29.7. The van der Waals surface area contributed by atoms with Gasteiger partial charge in [0.15, 0.2) is 0 Å². The standard InChI is InChI=1S/C22H15F2N5OS/c23-14-7-5-13(6-8-14)21(30)26-9-10-29-19(15-3-1-2-4-17(15)24)16(11-25)18-20(29)22(31)28-12-27-18/h1-8,12H,9-10H2,(H,26,30)(H,27,28,31). The van der Waals surface area contributed by atoms with E-state index in [-0.39, 0.29) is 30.1 Å². The molecular formula is C22H15F2N5OS. The number of rotatable bonds is 5. The van der Waals surface area contributed by atoms with E-state index in [1.54, 1.807) is 22.8 Å². The van der Waals surface area contributed by atoms with Crippen LogP contribution >= 0.6 is 12.2 Å². The minimum atomic E-state index is -0.492. The molecular weight excluding hydrogens is 420 g/mol. The van der Waals surface area contributed by atoms with Crippen molar-refractivity contribution in [3.63, 3.8) is 0 Å². The van der Waals surface area contributed by atoms with Gasteiger partial charge in [0.2, 0.25) is 0 Å². The van der Waals surface area contributed by atoms with Crippen molar-refractivity contribution in [1.29, 1.82) is 5.26 Å². The van der Waals surface area contributed by atoms with Gasteiger partial charge in [0.05, 0.1) is 12.0 Å². The highest BCUT2D eigenvalue weighted by Crippen LogP contribution is 2.33. The van der Waals surface area contributed by atoms with Crippen LogP contribution in [0.5, 0.6) is 0 Å². The Kier molecular flexibility index (Phi) is 5.56. The number of nitrogens with zero attached hydrogens (tertiary/aromatic N) is 3. The van der Waals surface area contributed by atoms with Gasteiger partial charge in [-0.05, 0) is 36.4 Å². The molecule has 4 rings (SSSR count). The van der Waals surface area contributed by atoms with Crippen LogP contribution in [0.4, 0.5) is 8.78 Å². The molecule has 9 heteroatoms. The van der Waals surface area contributed by atoms with Crippen LogP contribution in [0.25, 0.3) is 22.3 Å². The van der Waals surface area contributed by atoms with E-state index >= 15 is 0 Å². The molecule has 0 fully saturated rings. The second-order valence-electron chi connectivity index (χ2n) is 6.66. The fourth-order valence-electron chi connectivity index (χ4n) is 3.43. The maximum Gasteiger partial charge on any atom is 0.251 e. The molecule has 0 bridgehead atoms. The maximum atomic E-state index is 14.6. The summed E-state index contributed by atoms with van der Waals surface area (Å²) in [5.41, 5.74) is 1.91. The summed E-state index contributed by atoms with van der Waals surface area (Å²) in [6.45, 7) is 0.369. The van der Waals surface area contributed by atoms with Crippen molar-refractivity contribution in [3.8, 4) is 17.3 Å². The second-order valence-corrected chi connectivity index (χ2v) is 7.07. The zero-order chi connectivity index (χ0) is 22.0. The fourth-order valence-corrected chi connectivity index (χ4v) is 3.69. The largest absolute Gasteiger partial charge is 0.350 e. The van der Waals surface area contributed by atoms with Crippen LogP contribution < -0.4 is 5.32 Å². The van der Waals surface area contributed by atoms with Crippen LogP contribution in [-0.2, 0) is 6.54 Å². The topological polar surface area (TPSA) is 86.5 Å². The molecule has 2 aromatic heterocycles. The van der Waals surface area contributed by atoms with Gasteiger partial charge in [-0.2, -0.15) is 5.26 Å². The Balaban J connectivity index is 1.74. The highest BCUT2D eigenvalue weighted by Gasteiger charge is 2.22. The number of aromatic nitrogens is 3. The van der Waals surface area contributed by atoms with Crippen LogP contribution in [0.2, 0.25) is 0 Å². The first-order valence-corrected chi connectivity index (χ1v) is 9.70. The van der Waals surface area contributed by atoms with Crippen molar-refractivity contribution in [2.75, 3.05) is 6.54 Å². The van der Waals surface area contributed by atoms with Gasteiger partial charge in [-0.3, -0.25) is 4.79 Å². The number of carbonyl (C=O) groups excluding carboxylic acids is 1. The zero-order valence-electron chi connectivity index (χ0n) is 16.0. The summed E-state index contributed by atoms with van der Waals surface area (Å²) in [6, 6.07) is 13.4. The first-order chi connectivity index (χ1) is 15.0. The summed E-state index contributed by atoms with van der Waals surface area (Å²) in [5.74, 6) is -1.31. The van der Waals surface area contributed by atoms with Crippen LogP contribution in [0.3, 0.4) is 0 Å². The number of nitriles is 1. The van der Waals surface area contributed by atoms with Crippen LogP contribution in [-0.4, -0.2) is 27.0 Å². The predicted octanol–water partition coefficient (Wildman–Crippen LogP) is 4.34. The number of amides is 1. The molecule has 31 heavy (non-hydrogen) atoms. The van der Waals surface area contributed by atoms with Gasteiger partial charge in [0, 0.05) is 24.2 Å². The third-order valence-corrected chi connectivity index (χ3v) is 5.12. The van der Waals surface area contributed by atoms with Gasteiger partial charge in [-0.15, -0.1) is 0 Å². The van der Waals surface area contributed by atoms with Gasteiger partial charge in [-0.1, -0.05) is 24.4 Å². The molecule has 0 radical (unpaired) electrons. The van der Waals surface area contributed by atoms with Gasteiger partial charge in [0.25, 0.3) is 5.91 Å². The van der Waals surface area contributed by atoms with E-state index in [9.17, 15) is 18.8 Å². The summed E-state index contributed by atoms with van der Waals surface area (Å²) in [4.78, 5) is 19.4. The van der Waals surface area contributed by atoms with E-state index in [1.807, 2.05) is 0 Å². The molecule has 0 aliphatic rings. The van der Waals surface area contributed by atoms with Crippen molar-refractivity contribution in [1.82, 2.24) is 19.9 Å². The number of halogens is 2. The minimum Gasteiger partial charge on any atom is -0.350 e. The first kappa shape index (κ1) is 20.4. The Morgan fingerprint density at radius 1 is 1.19 bits per heavy atom. The molecule has 0 unspecified atom stereocenters. The summed E-state index contributed by atoms with van der Waals surface area (Å²) in [5, 5.41) is 12.5. The molecule has 2 aromatic carbocycles. The molecule has 2 N–H and O–H groups in total. The van der Waals surface area contributed by atoms with Gasteiger partial charge >= 0.3 is 0 Å². The monoisotopic (exact) mass is 435 g/mol. The van der Waals surface area contributed by atoms with Crippen molar-refractivity contribution >= 4 is 29.2 Å². The van der Waals surface area contributed by atoms with E-state index in [4.69, 9.17) is 12.2 Å². The Hall–Kier alpha value is -3.90.